The first-order chi connectivity index (χ1) is 14.9. The van der Waals surface area contributed by atoms with E-state index in [0.29, 0.717) is 11.4 Å². The van der Waals surface area contributed by atoms with Crippen LogP contribution in [0.2, 0.25) is 0 Å². The van der Waals surface area contributed by atoms with Crippen molar-refractivity contribution in [1.29, 1.82) is 0 Å². The number of benzene rings is 2. The van der Waals surface area contributed by atoms with Gasteiger partial charge >= 0.3 is 0 Å². The molecule has 2 aromatic heterocycles. The highest BCUT2D eigenvalue weighted by molar-refractivity contribution is 7.92. The van der Waals surface area contributed by atoms with Crippen LogP contribution in [-0.4, -0.2) is 23.1 Å². The van der Waals surface area contributed by atoms with Crippen molar-refractivity contribution in [1.82, 2.24) is 14.7 Å². The van der Waals surface area contributed by atoms with Crippen LogP contribution in [-0.2, 0) is 29.4 Å². The van der Waals surface area contributed by atoms with Crippen LogP contribution >= 0.6 is 0 Å². The number of aryl methyl sites for hydroxylation is 5. The molecule has 0 saturated heterocycles. The van der Waals surface area contributed by atoms with E-state index in [1.165, 1.54) is 5.52 Å². The van der Waals surface area contributed by atoms with Crippen molar-refractivity contribution in [3.63, 3.8) is 0 Å². The van der Waals surface area contributed by atoms with Gasteiger partial charge in [-0.05, 0) is 56.5 Å². The van der Waals surface area contributed by atoms with Gasteiger partial charge in [-0.15, -0.1) is 0 Å². The zero-order valence-electron chi connectivity index (χ0n) is 17.9. The van der Waals surface area contributed by atoms with E-state index in [1.54, 1.807) is 26.0 Å². The highest BCUT2D eigenvalue weighted by atomic mass is 32.2. The monoisotopic (exact) mass is 438 g/mol. The molecule has 31 heavy (non-hydrogen) atoms. The second-order valence-corrected chi connectivity index (χ2v) is 9.24. The van der Waals surface area contributed by atoms with Gasteiger partial charge in [0, 0.05) is 18.7 Å². The number of sulfonamides is 1. The van der Waals surface area contributed by atoms with Crippen LogP contribution in [0.25, 0.3) is 11.0 Å². The molecule has 0 spiro atoms. The summed E-state index contributed by atoms with van der Waals surface area (Å²) in [6.45, 7) is 6.31. The van der Waals surface area contributed by atoms with Gasteiger partial charge in [-0.1, -0.05) is 36.3 Å². The number of para-hydroxylation sites is 2. The smallest absolute Gasteiger partial charge is 0.267 e. The Labute approximate surface area is 182 Å². The van der Waals surface area contributed by atoms with Crippen LogP contribution in [0.5, 0.6) is 0 Å². The molecule has 0 saturated carbocycles. The predicted molar refractivity (Wildman–Crippen MR) is 121 cm³/mol. The first kappa shape index (κ1) is 21.1. The molecule has 0 aliphatic heterocycles. The molecular formula is C23H26N4O3S. The highest BCUT2D eigenvalue weighted by Crippen LogP contribution is 2.23. The number of nitrogens with zero attached hydrogens (tertiary/aromatic N) is 3. The van der Waals surface area contributed by atoms with Gasteiger partial charge in [0.2, 0.25) is 0 Å². The summed E-state index contributed by atoms with van der Waals surface area (Å²) < 4.78 is 35.2. The molecule has 2 aromatic carbocycles. The zero-order valence-corrected chi connectivity index (χ0v) is 18.7. The summed E-state index contributed by atoms with van der Waals surface area (Å²) >= 11 is 0. The number of hydrogen-bond donors (Lipinski definition) is 1. The third-order valence-electron chi connectivity index (χ3n) is 5.26. The third kappa shape index (κ3) is 4.34. The molecule has 0 radical (unpaired) electrons. The van der Waals surface area contributed by atoms with Crippen molar-refractivity contribution in [3.05, 3.63) is 71.4 Å². The van der Waals surface area contributed by atoms with Crippen LogP contribution in [0.1, 0.15) is 36.2 Å². The molecule has 4 aromatic rings. The van der Waals surface area contributed by atoms with Gasteiger partial charge in [-0.3, -0.25) is 4.72 Å². The average molecular weight is 439 g/mol. The lowest BCUT2D eigenvalue weighted by Crippen LogP contribution is -2.14. The minimum Gasteiger partial charge on any atom is -0.360 e. The van der Waals surface area contributed by atoms with Crippen molar-refractivity contribution in [2.24, 2.45) is 0 Å². The second-order valence-electron chi connectivity index (χ2n) is 7.62. The molecule has 0 aliphatic carbocycles. The van der Waals surface area contributed by atoms with Crippen LogP contribution < -0.4 is 4.72 Å². The molecule has 4 rings (SSSR count). The number of nitrogens with one attached hydrogen (secondary N) is 1. The summed E-state index contributed by atoms with van der Waals surface area (Å²) in [5.41, 5.74) is 4.16. The Morgan fingerprint density at radius 2 is 1.77 bits per heavy atom. The zero-order chi connectivity index (χ0) is 22.0. The first-order valence-electron chi connectivity index (χ1n) is 10.4. The van der Waals surface area contributed by atoms with E-state index in [4.69, 9.17) is 9.51 Å². The first-order valence-corrected chi connectivity index (χ1v) is 11.9. The number of rotatable bonds is 8. The normalized spacial score (nSPS) is 11.8. The lowest BCUT2D eigenvalue weighted by Gasteiger charge is -2.10. The summed E-state index contributed by atoms with van der Waals surface area (Å²) in [6.07, 6.45) is 2.69. The molecular weight excluding hydrogens is 412 g/mol. The maximum Gasteiger partial charge on any atom is 0.267 e. The van der Waals surface area contributed by atoms with Crippen LogP contribution in [0.15, 0.2) is 57.9 Å². The predicted octanol–water partition coefficient (Wildman–Crippen LogP) is 4.64. The molecule has 8 heteroatoms. The number of imidazole rings is 1. The molecule has 0 atom stereocenters. The van der Waals surface area contributed by atoms with Crippen molar-refractivity contribution in [2.75, 3.05) is 4.72 Å². The van der Waals surface area contributed by atoms with Crippen molar-refractivity contribution >= 4 is 26.7 Å². The van der Waals surface area contributed by atoms with Gasteiger partial charge in [-0.2, -0.15) is 0 Å². The van der Waals surface area contributed by atoms with Gasteiger partial charge in [0.05, 0.1) is 11.0 Å². The Balaban J connectivity index is 1.47. The summed E-state index contributed by atoms with van der Waals surface area (Å²) in [5, 5.41) is 3.73. The van der Waals surface area contributed by atoms with E-state index in [2.05, 4.69) is 27.4 Å². The van der Waals surface area contributed by atoms with Crippen molar-refractivity contribution < 1.29 is 12.9 Å². The lowest BCUT2D eigenvalue weighted by molar-refractivity contribution is 0.390. The van der Waals surface area contributed by atoms with Gasteiger partial charge < -0.3 is 9.09 Å². The topological polar surface area (TPSA) is 90.0 Å². The van der Waals surface area contributed by atoms with Gasteiger partial charge in [0.1, 0.15) is 11.5 Å². The number of hydrogen-bond acceptors (Lipinski definition) is 5. The summed E-state index contributed by atoms with van der Waals surface area (Å²) in [6, 6.07) is 15.7. The Bertz CT molecular complexity index is 1290. The molecule has 0 unspecified atom stereocenters. The fourth-order valence-electron chi connectivity index (χ4n) is 3.85. The van der Waals surface area contributed by atoms with E-state index < -0.39 is 10.0 Å². The largest absolute Gasteiger partial charge is 0.360 e. The van der Waals surface area contributed by atoms with E-state index >= 15 is 0 Å². The minimum atomic E-state index is -3.75. The summed E-state index contributed by atoms with van der Waals surface area (Å²) in [7, 11) is -3.75. The standard InChI is InChI=1S/C23H26N4O3S/c1-4-15-27-21-8-6-5-7-20(21)24-22(27)14-11-18-9-12-19(13-10-18)26-31(28,29)23-16(2)25-30-17(23)3/h5-10,12-13,26H,4,11,14-15H2,1-3H3. The Morgan fingerprint density at radius 3 is 2.45 bits per heavy atom. The van der Waals surface area contributed by atoms with E-state index in [0.717, 1.165) is 42.7 Å². The van der Waals surface area contributed by atoms with Crippen molar-refractivity contribution in [2.45, 2.75) is 51.5 Å². The molecule has 0 fully saturated rings. The Morgan fingerprint density at radius 1 is 1.03 bits per heavy atom. The molecule has 7 nitrogen and oxygen atoms in total. The number of anilines is 1. The molecule has 162 valence electrons. The lowest BCUT2D eigenvalue weighted by atomic mass is 10.1. The van der Waals surface area contributed by atoms with Gasteiger partial charge in [-0.25, -0.2) is 13.4 Å². The maximum absolute atomic E-state index is 12.7. The average Bonchev–Trinajstić information content (AvgIpc) is 3.27. The van der Waals surface area contributed by atoms with Crippen LogP contribution in [0.4, 0.5) is 5.69 Å². The molecule has 1 N–H and O–H groups in total. The fraction of sp³-hybridized carbons (Fsp3) is 0.304. The molecule has 0 amide bonds. The third-order valence-corrected chi connectivity index (χ3v) is 6.89. The van der Waals surface area contributed by atoms with Crippen LogP contribution in [0, 0.1) is 13.8 Å². The van der Waals surface area contributed by atoms with Crippen LogP contribution in [0.3, 0.4) is 0 Å². The highest BCUT2D eigenvalue weighted by Gasteiger charge is 2.24. The minimum absolute atomic E-state index is 0.0893. The number of fused-ring (bicyclic) bond motifs is 1. The molecule has 0 aliphatic rings. The SMILES string of the molecule is CCCn1c(CCc2ccc(NS(=O)(=O)c3c(C)noc3C)cc2)nc2ccccc21. The number of aromatic nitrogens is 3. The van der Waals surface area contributed by atoms with Gasteiger partial charge in [0.15, 0.2) is 10.7 Å². The van der Waals surface area contributed by atoms with E-state index in [-0.39, 0.29) is 10.7 Å². The van der Waals surface area contributed by atoms with E-state index in [1.807, 2.05) is 30.3 Å². The molecule has 0 bridgehead atoms. The Kier molecular flexibility index (Phi) is 5.82. The fourth-order valence-corrected chi connectivity index (χ4v) is 5.24. The Hall–Kier alpha value is -3.13. The summed E-state index contributed by atoms with van der Waals surface area (Å²) in [4.78, 5) is 4.90. The van der Waals surface area contributed by atoms with Gasteiger partial charge in [0.25, 0.3) is 10.0 Å². The maximum atomic E-state index is 12.7. The van der Waals surface area contributed by atoms with Crippen molar-refractivity contribution in [3.8, 4) is 0 Å². The summed E-state index contributed by atoms with van der Waals surface area (Å²) in [5.74, 6) is 1.35. The van der Waals surface area contributed by atoms with E-state index in [9.17, 15) is 8.42 Å². The second kappa shape index (κ2) is 8.55. The quantitative estimate of drug-likeness (QED) is 0.433. The molecule has 2 heterocycles.